The van der Waals surface area contributed by atoms with Crippen molar-refractivity contribution in [2.75, 3.05) is 24.7 Å². The number of carbonyl (C=O) groups is 1. The lowest BCUT2D eigenvalue weighted by Gasteiger charge is -2.19. The third-order valence-corrected chi connectivity index (χ3v) is 7.90. The molecule has 0 unspecified atom stereocenters. The molecule has 0 saturated carbocycles. The van der Waals surface area contributed by atoms with Crippen LogP contribution < -0.4 is 5.32 Å². The van der Waals surface area contributed by atoms with Crippen molar-refractivity contribution in [3.63, 3.8) is 0 Å². The van der Waals surface area contributed by atoms with E-state index in [9.17, 15) is 21.6 Å². The monoisotopic (exact) mass is 458 g/mol. The molecule has 7 nitrogen and oxygen atoms in total. The topological polar surface area (TPSA) is 101 Å². The highest BCUT2D eigenvalue weighted by Gasteiger charge is 2.23. The molecule has 2 aromatic rings. The number of hydrogen-bond acceptors (Lipinski definition) is 5. The Morgan fingerprint density at radius 2 is 1.59 bits per heavy atom. The number of sulfone groups is 1. The zero-order valence-corrected chi connectivity index (χ0v) is 19.0. The third-order valence-electron chi connectivity index (χ3n) is 4.41. The fraction of sp³-hybridized carbons (Fsp3) is 0.316. The van der Waals surface area contributed by atoms with Crippen LogP contribution in [0.1, 0.15) is 29.8 Å². The van der Waals surface area contributed by atoms with Crippen LogP contribution in [0, 0.1) is 6.92 Å². The lowest BCUT2D eigenvalue weighted by Crippen LogP contribution is -2.30. The molecule has 29 heavy (non-hydrogen) atoms. The summed E-state index contributed by atoms with van der Waals surface area (Å²) in [5.41, 5.74) is 0.841. The van der Waals surface area contributed by atoms with Gasteiger partial charge in [-0.2, -0.15) is 4.31 Å². The number of anilines is 1. The summed E-state index contributed by atoms with van der Waals surface area (Å²) in [4.78, 5) is 12.8. The van der Waals surface area contributed by atoms with E-state index in [1.165, 1.54) is 40.7 Å². The number of aryl methyl sites for hydroxylation is 1. The van der Waals surface area contributed by atoms with Crippen molar-refractivity contribution >= 4 is 43.1 Å². The lowest BCUT2D eigenvalue weighted by atomic mass is 10.1. The summed E-state index contributed by atoms with van der Waals surface area (Å²) < 4.78 is 50.3. The summed E-state index contributed by atoms with van der Waals surface area (Å²) in [6.45, 7) is 5.75. The largest absolute Gasteiger partial charge is 0.321 e. The second kappa shape index (κ2) is 8.83. The molecule has 0 atom stereocenters. The molecule has 1 amide bonds. The molecule has 0 aliphatic heterocycles. The Labute approximate surface area is 176 Å². The fourth-order valence-corrected chi connectivity index (χ4v) is 5.04. The lowest BCUT2D eigenvalue weighted by molar-refractivity contribution is 0.102. The predicted octanol–water partition coefficient (Wildman–Crippen LogP) is 3.33. The molecule has 0 heterocycles. The Bertz CT molecular complexity index is 1140. The van der Waals surface area contributed by atoms with E-state index in [1.54, 1.807) is 20.8 Å². The van der Waals surface area contributed by atoms with Crippen LogP contribution in [-0.4, -0.2) is 46.4 Å². The first-order valence-electron chi connectivity index (χ1n) is 8.83. The molecule has 0 spiro atoms. The summed E-state index contributed by atoms with van der Waals surface area (Å²) in [7, 11) is -7.22. The van der Waals surface area contributed by atoms with Gasteiger partial charge in [0.05, 0.1) is 20.5 Å². The second-order valence-corrected chi connectivity index (χ2v) is 10.8. The molecule has 0 aliphatic carbocycles. The van der Waals surface area contributed by atoms with Gasteiger partial charge in [0.1, 0.15) is 0 Å². The number of amides is 1. The van der Waals surface area contributed by atoms with E-state index in [0.29, 0.717) is 18.7 Å². The van der Waals surface area contributed by atoms with Gasteiger partial charge in [0.15, 0.2) is 9.84 Å². The van der Waals surface area contributed by atoms with E-state index < -0.39 is 25.8 Å². The van der Waals surface area contributed by atoms with Gasteiger partial charge in [-0.3, -0.25) is 4.79 Å². The smallest absolute Gasteiger partial charge is 0.256 e. The minimum atomic E-state index is -3.73. The molecule has 10 heteroatoms. The zero-order valence-electron chi connectivity index (χ0n) is 16.6. The number of nitrogens with zero attached hydrogens (tertiary/aromatic N) is 1. The SMILES string of the molecule is CCN(CC)S(=O)(=O)c1ccc(Cl)c(NC(=O)c2cc(S(C)(=O)=O)ccc2C)c1. The summed E-state index contributed by atoms with van der Waals surface area (Å²) >= 11 is 6.15. The van der Waals surface area contributed by atoms with Gasteiger partial charge in [-0.1, -0.05) is 31.5 Å². The van der Waals surface area contributed by atoms with Crippen LogP contribution in [0.4, 0.5) is 5.69 Å². The molecule has 0 radical (unpaired) electrons. The fourth-order valence-electron chi connectivity index (χ4n) is 2.74. The first kappa shape index (κ1) is 23.3. The van der Waals surface area contributed by atoms with Gasteiger partial charge in [0, 0.05) is 24.9 Å². The van der Waals surface area contributed by atoms with Crippen LogP contribution >= 0.6 is 11.6 Å². The summed E-state index contributed by atoms with van der Waals surface area (Å²) in [6, 6.07) is 8.31. The minimum absolute atomic E-state index is 0.00232. The Balaban J connectivity index is 2.44. The molecule has 2 aromatic carbocycles. The number of rotatable bonds is 7. The average molecular weight is 459 g/mol. The maximum absolute atomic E-state index is 12.7. The molecule has 0 fully saturated rings. The van der Waals surface area contributed by atoms with Gasteiger partial charge >= 0.3 is 0 Å². The summed E-state index contributed by atoms with van der Waals surface area (Å²) in [6.07, 6.45) is 1.05. The Hall–Kier alpha value is -1.94. The second-order valence-electron chi connectivity index (χ2n) is 6.43. The Morgan fingerprint density at radius 3 is 2.14 bits per heavy atom. The van der Waals surface area contributed by atoms with E-state index >= 15 is 0 Å². The van der Waals surface area contributed by atoms with Gasteiger partial charge in [-0.05, 0) is 42.8 Å². The molecule has 0 aliphatic rings. The van der Waals surface area contributed by atoms with Crippen LogP contribution in [-0.2, 0) is 19.9 Å². The first-order chi connectivity index (χ1) is 13.4. The Morgan fingerprint density at radius 1 is 1.00 bits per heavy atom. The number of nitrogens with one attached hydrogen (secondary N) is 1. The van der Waals surface area contributed by atoms with E-state index in [4.69, 9.17) is 11.6 Å². The molecule has 0 saturated heterocycles. The highest BCUT2D eigenvalue weighted by molar-refractivity contribution is 7.90. The Kier molecular flexibility index (Phi) is 7.10. The van der Waals surface area contributed by atoms with Crippen LogP contribution in [0.2, 0.25) is 5.02 Å². The number of carbonyl (C=O) groups excluding carboxylic acids is 1. The number of sulfonamides is 1. The van der Waals surface area contributed by atoms with Crippen LogP contribution in [0.3, 0.4) is 0 Å². The quantitative estimate of drug-likeness (QED) is 0.685. The van der Waals surface area contributed by atoms with Crippen molar-refractivity contribution in [2.45, 2.75) is 30.6 Å². The van der Waals surface area contributed by atoms with Crippen molar-refractivity contribution in [3.05, 3.63) is 52.5 Å². The minimum Gasteiger partial charge on any atom is -0.321 e. The molecular weight excluding hydrogens is 436 g/mol. The number of hydrogen-bond donors (Lipinski definition) is 1. The van der Waals surface area contributed by atoms with E-state index in [-0.39, 0.29) is 26.1 Å². The number of benzene rings is 2. The van der Waals surface area contributed by atoms with E-state index in [1.807, 2.05) is 0 Å². The van der Waals surface area contributed by atoms with Crippen molar-refractivity contribution in [1.29, 1.82) is 0 Å². The summed E-state index contributed by atoms with van der Waals surface area (Å²) in [5.74, 6) is -0.590. The maximum Gasteiger partial charge on any atom is 0.256 e. The maximum atomic E-state index is 12.7. The van der Waals surface area contributed by atoms with Crippen molar-refractivity contribution in [3.8, 4) is 0 Å². The highest BCUT2D eigenvalue weighted by Crippen LogP contribution is 2.28. The van der Waals surface area contributed by atoms with Crippen LogP contribution in [0.15, 0.2) is 46.2 Å². The van der Waals surface area contributed by atoms with Gasteiger partial charge < -0.3 is 5.32 Å². The number of halogens is 1. The van der Waals surface area contributed by atoms with Crippen LogP contribution in [0.25, 0.3) is 0 Å². The average Bonchev–Trinajstić information content (AvgIpc) is 2.63. The molecule has 0 bridgehead atoms. The zero-order chi connectivity index (χ0) is 22.0. The predicted molar refractivity (Wildman–Crippen MR) is 114 cm³/mol. The van der Waals surface area contributed by atoms with Crippen molar-refractivity contribution in [2.24, 2.45) is 0 Å². The van der Waals surface area contributed by atoms with Gasteiger partial charge in [-0.25, -0.2) is 16.8 Å². The van der Waals surface area contributed by atoms with Gasteiger partial charge in [0.25, 0.3) is 5.91 Å². The molecule has 158 valence electrons. The normalized spacial score (nSPS) is 12.2. The van der Waals surface area contributed by atoms with Gasteiger partial charge in [0.2, 0.25) is 10.0 Å². The molecular formula is C19H23ClN2O5S2. The van der Waals surface area contributed by atoms with Crippen LogP contribution in [0.5, 0.6) is 0 Å². The van der Waals surface area contributed by atoms with Crippen molar-refractivity contribution in [1.82, 2.24) is 4.31 Å². The van der Waals surface area contributed by atoms with Crippen molar-refractivity contribution < 1.29 is 21.6 Å². The molecule has 1 N–H and O–H groups in total. The van der Waals surface area contributed by atoms with Gasteiger partial charge in [-0.15, -0.1) is 0 Å². The first-order valence-corrected chi connectivity index (χ1v) is 12.5. The standard InChI is InChI=1S/C19H23ClN2O5S2/c1-5-22(6-2)29(26,27)15-9-10-17(20)18(12-15)21-19(23)16-11-14(28(4,24)25)8-7-13(16)3/h7-12H,5-6H2,1-4H3,(H,21,23). The highest BCUT2D eigenvalue weighted by atomic mass is 35.5. The molecule has 0 aromatic heterocycles. The summed E-state index contributed by atoms with van der Waals surface area (Å²) in [5, 5.41) is 2.75. The molecule has 2 rings (SSSR count). The third kappa shape index (κ3) is 5.16. The van der Waals surface area contributed by atoms with E-state index in [2.05, 4.69) is 5.32 Å². The van der Waals surface area contributed by atoms with E-state index in [0.717, 1.165) is 6.26 Å².